The molecule has 2 rings (SSSR count). The van der Waals surface area contributed by atoms with Crippen LogP contribution < -0.4 is 0 Å². The van der Waals surface area contributed by atoms with Crippen molar-refractivity contribution in [2.24, 2.45) is 24.8 Å². The van der Waals surface area contributed by atoms with E-state index in [1.165, 1.54) is 6.92 Å². The van der Waals surface area contributed by atoms with Gasteiger partial charge in [-0.2, -0.15) is 0 Å². The van der Waals surface area contributed by atoms with E-state index in [4.69, 9.17) is 9.84 Å². The molecule has 0 aromatic carbocycles. The molecule has 0 saturated heterocycles. The molecule has 1 saturated carbocycles. The molecule has 0 bridgehead atoms. The van der Waals surface area contributed by atoms with Crippen LogP contribution in [0.2, 0.25) is 0 Å². The van der Waals surface area contributed by atoms with Gasteiger partial charge < -0.3 is 29.7 Å². The monoisotopic (exact) mass is 679 g/mol. The van der Waals surface area contributed by atoms with Crippen molar-refractivity contribution in [3.8, 4) is 0 Å². The van der Waals surface area contributed by atoms with Gasteiger partial charge >= 0.3 is 17.9 Å². The van der Waals surface area contributed by atoms with Crippen LogP contribution in [-0.4, -0.2) is 66.7 Å². The summed E-state index contributed by atoms with van der Waals surface area (Å²) in [5.41, 5.74) is 0.805. The number of ether oxygens (including phenoxy) is 1. The number of hydrogen-bond acceptors (Lipinski definition) is 7. The average Bonchev–Trinajstić information content (AvgIpc) is 3.32. The number of hydrogen-bond donors (Lipinski definition) is 4. The van der Waals surface area contributed by atoms with Gasteiger partial charge in [0.25, 0.3) is 0 Å². The van der Waals surface area contributed by atoms with Gasteiger partial charge in [-0.15, -0.1) is 5.92 Å². The summed E-state index contributed by atoms with van der Waals surface area (Å²) >= 11 is 0. The molecule has 11 heteroatoms. The number of aliphatic carboxylic acids is 2. The van der Waals surface area contributed by atoms with E-state index in [2.05, 4.69) is 4.98 Å². The van der Waals surface area contributed by atoms with Gasteiger partial charge in [-0.3, -0.25) is 20.8 Å². The molecule has 0 amide bonds. The number of aliphatic hydroxyl groups is 2. The summed E-state index contributed by atoms with van der Waals surface area (Å²) in [6, 6.07) is 0. The number of esters is 1. The molecular weight excluding hydrogens is 640 g/mol. The van der Waals surface area contributed by atoms with Crippen LogP contribution in [-0.2, 0) is 53.7 Å². The fourth-order valence-corrected chi connectivity index (χ4v) is 3.98. The van der Waals surface area contributed by atoms with Crippen LogP contribution >= 0.6 is 0 Å². The Balaban J connectivity index is 0.000000671. The Kier molecular flexibility index (Phi) is 17.2. The summed E-state index contributed by atoms with van der Waals surface area (Å²) in [5, 5.41) is 36.4. The van der Waals surface area contributed by atoms with Crippen LogP contribution in [0.25, 0.3) is 0 Å². The number of unbranched alkanes of at least 4 members (excludes halogenated alkanes) is 1. The van der Waals surface area contributed by atoms with Gasteiger partial charge in [-0.25, -0.2) is 4.98 Å². The molecule has 10 nitrogen and oxygen atoms in total. The maximum atomic E-state index is 11.2. The molecule has 1 aromatic heterocycles. The Morgan fingerprint density at radius 1 is 1.28 bits per heavy atom. The maximum absolute atomic E-state index is 11.2. The quantitative estimate of drug-likeness (QED) is 0.106. The molecule has 1 aliphatic carbocycles. The van der Waals surface area contributed by atoms with Crippen LogP contribution in [0, 0.1) is 24.2 Å². The third kappa shape index (κ3) is 13.9. The number of carbonyl (C=O) groups excluding carboxylic acids is 1. The molecule has 0 aliphatic heterocycles. The van der Waals surface area contributed by atoms with Crippen LogP contribution in [0.3, 0.4) is 0 Å². The van der Waals surface area contributed by atoms with Crippen LogP contribution in [0.4, 0.5) is 0 Å². The number of allylic oxidation sites excluding steroid dienone is 2. The van der Waals surface area contributed by atoms with Gasteiger partial charge in [-0.1, -0.05) is 31.6 Å². The number of aryl methyl sites for hydroxylation is 1. The fraction of sp³-hybridized carbons (Fsp3) is 0.640. The zero-order valence-corrected chi connectivity index (χ0v) is 24.1. The number of carboxylic acids is 2. The molecule has 204 valence electrons. The number of carbonyl (C=O) groups is 3. The number of rotatable bonds is 13. The summed E-state index contributed by atoms with van der Waals surface area (Å²) in [7, 11) is 1.85. The van der Waals surface area contributed by atoms with Crippen molar-refractivity contribution in [1.82, 2.24) is 9.55 Å². The van der Waals surface area contributed by atoms with E-state index in [1.54, 1.807) is 17.3 Å². The zero-order valence-electron chi connectivity index (χ0n) is 21.2. The van der Waals surface area contributed by atoms with Crippen molar-refractivity contribution in [3.05, 3.63) is 36.8 Å². The van der Waals surface area contributed by atoms with Crippen molar-refractivity contribution in [3.63, 3.8) is 0 Å². The minimum atomic E-state index is -0.865. The minimum Gasteiger partial charge on any atom is -0.481 e. The van der Waals surface area contributed by atoms with E-state index in [-0.39, 0.29) is 45.9 Å². The Labute approximate surface area is 227 Å². The predicted molar refractivity (Wildman–Crippen MR) is 128 cm³/mol. The van der Waals surface area contributed by atoms with Crippen molar-refractivity contribution in [2.75, 3.05) is 6.61 Å². The van der Waals surface area contributed by atoms with Crippen LogP contribution in [0.1, 0.15) is 58.1 Å². The predicted octanol–water partition coefficient (Wildman–Crippen LogP) is 2.38. The number of aromatic nitrogens is 2. The molecule has 1 aliphatic rings. The average molecular weight is 679 g/mol. The van der Waals surface area contributed by atoms with Gasteiger partial charge in [0.15, 0.2) is 0 Å². The molecule has 1 fully saturated rings. The molecule has 36 heavy (non-hydrogen) atoms. The third-order valence-electron chi connectivity index (χ3n) is 5.84. The van der Waals surface area contributed by atoms with Crippen molar-refractivity contribution in [2.45, 2.75) is 71.0 Å². The molecule has 0 spiro atoms. The molecule has 1 heterocycles. The molecule has 0 unspecified atom stereocenters. The molecule has 0 radical (unpaired) electrons. The van der Waals surface area contributed by atoms with E-state index in [0.717, 1.165) is 12.1 Å². The van der Waals surface area contributed by atoms with E-state index >= 15 is 0 Å². The smallest absolute Gasteiger partial charge is 0.306 e. The third-order valence-corrected chi connectivity index (χ3v) is 5.84. The second-order valence-electron chi connectivity index (χ2n) is 8.87. The first-order valence-electron chi connectivity index (χ1n) is 11.9. The van der Waals surface area contributed by atoms with Gasteiger partial charge in [0.2, 0.25) is 0 Å². The maximum Gasteiger partial charge on any atom is 0.306 e. The number of carboxylic acid groups (broad SMARTS) is 2. The Bertz CT molecular complexity index is 829. The van der Waals surface area contributed by atoms with E-state index in [9.17, 15) is 29.7 Å². The second-order valence-corrected chi connectivity index (χ2v) is 8.87. The summed E-state index contributed by atoms with van der Waals surface area (Å²) in [6.45, 7) is 3.24. The number of imidazole rings is 1. The Morgan fingerprint density at radius 3 is 2.44 bits per heavy atom. The number of aliphatic hydroxyl groups excluding tert-OH is 2. The fourth-order valence-electron chi connectivity index (χ4n) is 3.98. The summed E-state index contributed by atoms with van der Waals surface area (Å²) in [6.07, 6.45) is 11.9. The van der Waals surface area contributed by atoms with Crippen molar-refractivity contribution < 1.29 is 60.6 Å². The zero-order chi connectivity index (χ0) is 26.4. The van der Waals surface area contributed by atoms with Gasteiger partial charge in [0.1, 0.15) is 0 Å². The summed E-state index contributed by atoms with van der Waals surface area (Å²) < 4.78 is 6.78. The topological polar surface area (TPSA) is 159 Å². The molecule has 1 aromatic rings. The summed E-state index contributed by atoms with van der Waals surface area (Å²) in [5.74, 6) is -2.80. The van der Waals surface area contributed by atoms with Gasteiger partial charge in [0, 0.05) is 59.7 Å². The number of nitrogens with zero attached hydrogens (tertiary/aromatic N) is 2. The van der Waals surface area contributed by atoms with E-state index < -0.39 is 36.0 Å². The summed E-state index contributed by atoms with van der Waals surface area (Å²) in [4.78, 5) is 36.6. The molecule has 4 N–H and O–H groups in total. The Hall–Kier alpha value is -2.03. The van der Waals surface area contributed by atoms with E-state index in [1.807, 2.05) is 32.3 Å². The van der Waals surface area contributed by atoms with Gasteiger partial charge in [-0.05, 0) is 32.1 Å². The normalized spacial score (nSPS) is 20.6. The van der Waals surface area contributed by atoms with Crippen molar-refractivity contribution in [1.29, 1.82) is 0 Å². The minimum absolute atomic E-state index is 0. The molecule has 5 atom stereocenters. The van der Waals surface area contributed by atoms with Crippen LogP contribution in [0.15, 0.2) is 24.7 Å². The van der Waals surface area contributed by atoms with Crippen molar-refractivity contribution >= 4 is 17.9 Å². The second kappa shape index (κ2) is 18.2. The first-order chi connectivity index (χ1) is 16.5. The first-order valence-corrected chi connectivity index (χ1v) is 11.9. The SMILES string of the molecule is CC[C@H](C(=O)O)[C@H](COC(C)=O)Cc1cn(C)cn1.O=C(O)CCC/C=C\C[C@@H]1[CH-][C@H](O)C[C@@H]1O.[W]. The first kappa shape index (κ1) is 34.0. The largest absolute Gasteiger partial charge is 0.481 e. The standard InChI is InChI=1S/C13H20N2O4.C12H19O4.W/c1-4-12(13(17)18)10(7-19-9(2)16)5-11-6-15(3)8-14-11;13-10-7-9(11(14)8-10)5-3-1-2-4-6-12(15)16;/h6,8,10,12H,4-5,7H2,1-3H3,(H,17,18);1,3,7,9-11,13-14H,2,4-6,8H2,(H,15,16);/q;-1;/b;3-1-;/t10-,12-;9-,10+,11+;/m01./s1. The van der Waals surface area contributed by atoms with E-state index in [0.29, 0.717) is 32.1 Å². The Morgan fingerprint density at radius 2 is 1.97 bits per heavy atom. The van der Waals surface area contributed by atoms with Crippen LogP contribution in [0.5, 0.6) is 0 Å². The molecular formula is C25H39N2O8W-. The van der Waals surface area contributed by atoms with Gasteiger partial charge in [0.05, 0.1) is 24.5 Å².